The minimum atomic E-state index is -2.48. The van der Waals surface area contributed by atoms with Crippen molar-refractivity contribution in [2.75, 3.05) is 5.32 Å². The van der Waals surface area contributed by atoms with E-state index in [1.165, 1.54) is 0 Å². The fourth-order valence-electron chi connectivity index (χ4n) is 1.01. The highest BCUT2D eigenvalue weighted by molar-refractivity contribution is 7.99. The van der Waals surface area contributed by atoms with Gasteiger partial charge in [0, 0.05) is 11.3 Å². The van der Waals surface area contributed by atoms with Gasteiger partial charge in [0.25, 0.3) is 5.76 Å². The molecule has 0 bridgehead atoms. The number of rotatable bonds is 4. The van der Waals surface area contributed by atoms with Crippen molar-refractivity contribution < 1.29 is 13.6 Å². The summed E-state index contributed by atoms with van der Waals surface area (Å²) in [5.41, 5.74) is 0.439. The molecular weight excluding hydrogens is 220 g/mol. The number of amides is 1. The Labute approximate surface area is 91.1 Å². The number of alkyl halides is 2. The van der Waals surface area contributed by atoms with E-state index < -0.39 is 5.76 Å². The van der Waals surface area contributed by atoms with Crippen LogP contribution in [0.5, 0.6) is 0 Å². The maximum Gasteiger partial charge on any atom is 0.288 e. The van der Waals surface area contributed by atoms with Crippen molar-refractivity contribution in [3.8, 4) is 0 Å². The van der Waals surface area contributed by atoms with Crippen LogP contribution in [0.1, 0.15) is 13.3 Å². The average Bonchev–Trinajstić information content (AvgIpc) is 2.20. The summed E-state index contributed by atoms with van der Waals surface area (Å²) in [7, 11) is 0. The van der Waals surface area contributed by atoms with Crippen molar-refractivity contribution in [3.05, 3.63) is 24.3 Å². The molecule has 0 aromatic heterocycles. The van der Waals surface area contributed by atoms with E-state index in [-0.39, 0.29) is 5.91 Å². The quantitative estimate of drug-likeness (QED) is 0.805. The highest BCUT2D eigenvalue weighted by atomic mass is 32.2. The van der Waals surface area contributed by atoms with Crippen molar-refractivity contribution in [2.24, 2.45) is 0 Å². The van der Waals surface area contributed by atoms with Gasteiger partial charge in [-0.3, -0.25) is 4.79 Å². The monoisotopic (exact) mass is 231 g/mol. The van der Waals surface area contributed by atoms with Gasteiger partial charge in [-0.05, 0) is 12.1 Å². The van der Waals surface area contributed by atoms with Crippen molar-refractivity contribution >= 4 is 23.4 Å². The van der Waals surface area contributed by atoms with Crippen LogP contribution in [0.25, 0.3) is 0 Å². The van der Waals surface area contributed by atoms with E-state index in [0.29, 0.717) is 28.8 Å². The molecule has 1 aromatic carbocycles. The summed E-state index contributed by atoms with van der Waals surface area (Å²) in [5.74, 6) is -2.66. The summed E-state index contributed by atoms with van der Waals surface area (Å²) in [4.78, 5) is 11.5. The zero-order valence-corrected chi connectivity index (χ0v) is 8.98. The van der Waals surface area contributed by atoms with Crippen molar-refractivity contribution in [3.63, 3.8) is 0 Å². The molecule has 0 saturated heterocycles. The van der Waals surface area contributed by atoms with E-state index in [4.69, 9.17) is 0 Å². The zero-order chi connectivity index (χ0) is 11.3. The number of hydrogen-bond acceptors (Lipinski definition) is 2. The van der Waals surface area contributed by atoms with Crippen LogP contribution in [0.4, 0.5) is 14.5 Å². The van der Waals surface area contributed by atoms with Gasteiger partial charge in [0.1, 0.15) is 0 Å². The van der Waals surface area contributed by atoms with Gasteiger partial charge in [0.15, 0.2) is 0 Å². The molecule has 15 heavy (non-hydrogen) atoms. The fraction of sp³-hybridized carbons (Fsp3) is 0.300. The third-order valence-corrected chi connectivity index (χ3v) is 2.49. The lowest BCUT2D eigenvalue weighted by molar-refractivity contribution is -0.115. The first-order valence-corrected chi connectivity index (χ1v) is 5.35. The third-order valence-electron chi connectivity index (χ3n) is 1.70. The molecule has 0 heterocycles. The summed E-state index contributed by atoms with van der Waals surface area (Å²) in [5, 5.41) is 2.57. The molecule has 0 aliphatic carbocycles. The van der Waals surface area contributed by atoms with Crippen molar-refractivity contribution in [1.82, 2.24) is 0 Å². The first-order valence-electron chi connectivity index (χ1n) is 4.47. The molecule has 0 spiro atoms. The van der Waals surface area contributed by atoms with Crippen LogP contribution in [0.2, 0.25) is 0 Å². The van der Waals surface area contributed by atoms with Crippen LogP contribution >= 0.6 is 11.8 Å². The number of nitrogens with one attached hydrogen (secondary N) is 1. The van der Waals surface area contributed by atoms with Crippen LogP contribution in [-0.4, -0.2) is 11.7 Å². The van der Waals surface area contributed by atoms with Gasteiger partial charge in [-0.2, -0.15) is 8.78 Å². The number of carbonyl (C=O) groups excluding carboxylic acids is 1. The second kappa shape index (κ2) is 5.70. The molecule has 0 unspecified atom stereocenters. The van der Waals surface area contributed by atoms with Gasteiger partial charge >= 0.3 is 0 Å². The van der Waals surface area contributed by atoms with E-state index in [1.807, 2.05) is 0 Å². The molecule has 1 amide bonds. The standard InChI is InChI=1S/C10H11F2NOS/c1-2-9(14)13-7-5-3-4-6-8(7)15-10(11)12/h3-6,10H,2H2,1H3,(H,13,14). The van der Waals surface area contributed by atoms with Gasteiger partial charge in [-0.25, -0.2) is 0 Å². The van der Waals surface area contributed by atoms with Crippen LogP contribution in [0.3, 0.4) is 0 Å². The van der Waals surface area contributed by atoms with Gasteiger partial charge in [0.05, 0.1) is 5.69 Å². The molecule has 5 heteroatoms. The molecule has 1 rings (SSSR count). The zero-order valence-electron chi connectivity index (χ0n) is 8.17. The van der Waals surface area contributed by atoms with Crippen LogP contribution in [0, 0.1) is 0 Å². The Morgan fingerprint density at radius 1 is 1.47 bits per heavy atom. The van der Waals surface area contributed by atoms with Gasteiger partial charge in [-0.1, -0.05) is 30.8 Å². The molecule has 1 aromatic rings. The third kappa shape index (κ3) is 3.87. The normalized spacial score (nSPS) is 10.4. The summed E-state index contributed by atoms with van der Waals surface area (Å²) in [6.45, 7) is 1.71. The Balaban J connectivity index is 2.81. The summed E-state index contributed by atoms with van der Waals surface area (Å²) < 4.78 is 24.3. The SMILES string of the molecule is CCC(=O)Nc1ccccc1SC(F)F. The maximum absolute atomic E-state index is 12.2. The van der Waals surface area contributed by atoms with Crippen LogP contribution in [0.15, 0.2) is 29.2 Å². The van der Waals surface area contributed by atoms with Crippen molar-refractivity contribution in [1.29, 1.82) is 0 Å². The van der Waals surface area contributed by atoms with Crippen LogP contribution < -0.4 is 5.32 Å². The van der Waals surface area contributed by atoms with E-state index >= 15 is 0 Å². The van der Waals surface area contributed by atoms with E-state index in [1.54, 1.807) is 31.2 Å². The lowest BCUT2D eigenvalue weighted by atomic mass is 10.3. The molecule has 0 aliphatic heterocycles. The van der Waals surface area contributed by atoms with Gasteiger partial charge in [0.2, 0.25) is 5.91 Å². The second-order valence-electron chi connectivity index (χ2n) is 2.78. The Morgan fingerprint density at radius 2 is 2.13 bits per heavy atom. The fourth-order valence-corrected chi connectivity index (χ4v) is 1.60. The van der Waals surface area contributed by atoms with Crippen molar-refractivity contribution in [2.45, 2.75) is 24.0 Å². The Kier molecular flexibility index (Phi) is 4.55. The molecule has 0 fully saturated rings. The Morgan fingerprint density at radius 3 is 2.73 bits per heavy atom. The molecule has 0 saturated carbocycles. The molecular formula is C10H11F2NOS. The second-order valence-corrected chi connectivity index (χ2v) is 3.81. The Hall–Kier alpha value is -1.10. The molecule has 0 aliphatic rings. The first-order chi connectivity index (χ1) is 7.13. The molecule has 2 nitrogen and oxygen atoms in total. The molecule has 0 radical (unpaired) electrons. The van der Waals surface area contributed by atoms with Crippen LogP contribution in [-0.2, 0) is 4.79 Å². The highest BCUT2D eigenvalue weighted by Crippen LogP contribution is 2.31. The minimum absolute atomic E-state index is 0.183. The number of carbonyl (C=O) groups is 1. The first kappa shape index (κ1) is 12.0. The summed E-state index contributed by atoms with van der Waals surface area (Å²) in [6.07, 6.45) is 0.327. The minimum Gasteiger partial charge on any atom is -0.325 e. The molecule has 0 atom stereocenters. The lowest BCUT2D eigenvalue weighted by Crippen LogP contribution is -2.10. The predicted octanol–water partition coefficient (Wildman–Crippen LogP) is 3.35. The average molecular weight is 231 g/mol. The summed E-state index contributed by atoms with van der Waals surface area (Å²) >= 11 is 0.429. The molecule has 1 N–H and O–H groups in total. The van der Waals surface area contributed by atoms with E-state index in [2.05, 4.69) is 5.32 Å². The number of thioether (sulfide) groups is 1. The number of hydrogen-bond donors (Lipinski definition) is 1. The van der Waals surface area contributed by atoms with E-state index in [0.717, 1.165) is 0 Å². The van der Waals surface area contributed by atoms with E-state index in [9.17, 15) is 13.6 Å². The van der Waals surface area contributed by atoms with Gasteiger partial charge < -0.3 is 5.32 Å². The smallest absolute Gasteiger partial charge is 0.288 e. The number of halogens is 2. The Bertz CT molecular complexity index is 344. The van der Waals surface area contributed by atoms with Gasteiger partial charge in [-0.15, -0.1) is 0 Å². The topological polar surface area (TPSA) is 29.1 Å². The number of anilines is 1. The largest absolute Gasteiger partial charge is 0.325 e. The number of benzene rings is 1. The number of para-hydroxylation sites is 1. The lowest BCUT2D eigenvalue weighted by Gasteiger charge is -2.09. The summed E-state index contributed by atoms with van der Waals surface area (Å²) in [6, 6.07) is 6.52. The maximum atomic E-state index is 12.2. The highest BCUT2D eigenvalue weighted by Gasteiger charge is 2.10. The molecule has 82 valence electrons. The predicted molar refractivity (Wildman–Crippen MR) is 57.2 cm³/mol.